The van der Waals surface area contributed by atoms with E-state index in [0.717, 1.165) is 10.2 Å². The first-order chi connectivity index (χ1) is 14.1. The molecule has 1 aliphatic rings. The number of para-hydroxylation sites is 2. The molecule has 144 valence electrons. The molecule has 1 aliphatic heterocycles. The predicted octanol–water partition coefficient (Wildman–Crippen LogP) is 2.10. The average molecular weight is 407 g/mol. The van der Waals surface area contributed by atoms with Gasteiger partial charge in [-0.2, -0.15) is 4.99 Å². The van der Waals surface area contributed by atoms with Gasteiger partial charge in [-0.3, -0.25) is 9.36 Å². The van der Waals surface area contributed by atoms with Gasteiger partial charge in [0.25, 0.3) is 5.91 Å². The van der Waals surface area contributed by atoms with Gasteiger partial charge in [-0.25, -0.2) is 4.79 Å². The summed E-state index contributed by atoms with van der Waals surface area (Å²) in [4.78, 5) is 29.4. The van der Waals surface area contributed by atoms with Crippen molar-refractivity contribution >= 4 is 38.6 Å². The Morgan fingerprint density at radius 1 is 1.17 bits per heavy atom. The van der Waals surface area contributed by atoms with E-state index in [0.29, 0.717) is 27.4 Å². The van der Waals surface area contributed by atoms with Gasteiger partial charge in [-0.1, -0.05) is 29.4 Å². The van der Waals surface area contributed by atoms with Gasteiger partial charge in [0.1, 0.15) is 6.54 Å². The maximum absolute atomic E-state index is 12.6. The normalized spacial score (nSPS) is 13.3. The summed E-state index contributed by atoms with van der Waals surface area (Å²) in [6.45, 7) is 0.175. The number of fused-ring (bicyclic) bond motifs is 3. The molecular weight excluding hydrogens is 394 g/mol. The standard InChI is InChI=1S/C20H13N3O5S/c1-2-7-22-13-8-15-16(27-11-26-15)9-17(13)29-19(22)21-18(24)10-23-12-5-3-4-6-14(12)28-20(23)25/h1,3-6,8-9H,7,10-11H2. The van der Waals surface area contributed by atoms with Crippen LogP contribution in [0.25, 0.3) is 21.3 Å². The van der Waals surface area contributed by atoms with Crippen LogP contribution in [0, 0.1) is 12.3 Å². The highest BCUT2D eigenvalue weighted by Gasteiger charge is 2.18. The van der Waals surface area contributed by atoms with Crippen molar-refractivity contribution in [2.45, 2.75) is 13.1 Å². The summed E-state index contributed by atoms with van der Waals surface area (Å²) in [7, 11) is 0. The number of nitrogens with zero attached hydrogens (tertiary/aromatic N) is 3. The van der Waals surface area contributed by atoms with Crippen molar-refractivity contribution in [3.8, 4) is 23.8 Å². The quantitative estimate of drug-likeness (QED) is 0.486. The zero-order valence-electron chi connectivity index (χ0n) is 15.0. The second kappa shape index (κ2) is 6.68. The van der Waals surface area contributed by atoms with Crippen LogP contribution in [0.15, 0.2) is 50.6 Å². The molecule has 4 aromatic rings. The first kappa shape index (κ1) is 17.3. The number of carbonyl (C=O) groups excluding carboxylic acids is 1. The highest BCUT2D eigenvalue weighted by atomic mass is 32.1. The lowest BCUT2D eigenvalue weighted by Crippen LogP contribution is -2.22. The van der Waals surface area contributed by atoms with Crippen molar-refractivity contribution < 1.29 is 18.7 Å². The third-order valence-corrected chi connectivity index (χ3v) is 5.56. The number of oxazole rings is 1. The van der Waals surface area contributed by atoms with Gasteiger partial charge in [-0.15, -0.1) is 6.42 Å². The van der Waals surface area contributed by atoms with Crippen molar-refractivity contribution in [1.82, 2.24) is 9.13 Å². The topological polar surface area (TPSA) is 88.0 Å². The number of amides is 1. The van der Waals surface area contributed by atoms with Crippen LogP contribution < -0.4 is 20.0 Å². The summed E-state index contributed by atoms with van der Waals surface area (Å²) in [5.41, 5.74) is 1.76. The molecule has 0 unspecified atom stereocenters. The molecule has 0 atom stereocenters. The molecule has 0 saturated heterocycles. The number of hydrogen-bond acceptors (Lipinski definition) is 6. The van der Waals surface area contributed by atoms with Gasteiger partial charge >= 0.3 is 5.76 Å². The largest absolute Gasteiger partial charge is 0.454 e. The van der Waals surface area contributed by atoms with Crippen molar-refractivity contribution in [2.75, 3.05) is 6.79 Å². The second-order valence-electron chi connectivity index (χ2n) is 6.28. The fourth-order valence-corrected chi connectivity index (χ4v) is 4.29. The Morgan fingerprint density at radius 2 is 1.97 bits per heavy atom. The van der Waals surface area contributed by atoms with E-state index in [9.17, 15) is 9.59 Å². The van der Waals surface area contributed by atoms with E-state index < -0.39 is 11.7 Å². The van der Waals surface area contributed by atoms with Gasteiger partial charge < -0.3 is 18.5 Å². The SMILES string of the molecule is C#CCn1c(=NC(=O)Cn2c(=O)oc3ccccc32)sc2cc3c(cc21)OCO3. The van der Waals surface area contributed by atoms with E-state index in [2.05, 4.69) is 10.9 Å². The summed E-state index contributed by atoms with van der Waals surface area (Å²) in [6, 6.07) is 10.6. The monoisotopic (exact) mass is 407 g/mol. The summed E-state index contributed by atoms with van der Waals surface area (Å²) in [5.74, 6) is 2.75. The van der Waals surface area contributed by atoms with E-state index in [1.807, 2.05) is 12.1 Å². The predicted molar refractivity (Wildman–Crippen MR) is 106 cm³/mol. The maximum Gasteiger partial charge on any atom is 0.420 e. The molecule has 5 rings (SSSR count). The summed E-state index contributed by atoms with van der Waals surface area (Å²) < 4.78 is 19.9. The molecule has 2 aromatic heterocycles. The smallest absolute Gasteiger partial charge is 0.420 e. The molecule has 0 spiro atoms. The third-order valence-electron chi connectivity index (χ3n) is 4.51. The Labute approximate surface area is 167 Å². The number of carbonyl (C=O) groups is 1. The van der Waals surface area contributed by atoms with Crippen LogP contribution in [0.1, 0.15) is 0 Å². The highest BCUT2D eigenvalue weighted by molar-refractivity contribution is 7.16. The van der Waals surface area contributed by atoms with Crippen molar-refractivity contribution in [3.05, 3.63) is 51.8 Å². The number of hydrogen-bond donors (Lipinski definition) is 0. The lowest BCUT2D eigenvalue weighted by atomic mass is 10.3. The summed E-state index contributed by atoms with van der Waals surface area (Å²) in [5, 5.41) is 0. The molecule has 0 N–H and O–H groups in total. The Balaban J connectivity index is 1.58. The number of ether oxygens (including phenoxy) is 2. The van der Waals surface area contributed by atoms with Crippen molar-refractivity contribution in [3.63, 3.8) is 0 Å². The van der Waals surface area contributed by atoms with E-state index in [1.165, 1.54) is 15.9 Å². The Kier molecular flexibility index (Phi) is 4.00. The Hall–Kier alpha value is -3.77. The molecule has 3 heterocycles. The van der Waals surface area contributed by atoms with Crippen LogP contribution in [-0.2, 0) is 17.9 Å². The van der Waals surface area contributed by atoms with Gasteiger partial charge in [0.2, 0.25) is 6.79 Å². The molecule has 1 amide bonds. The fourth-order valence-electron chi connectivity index (χ4n) is 3.23. The molecule has 0 radical (unpaired) electrons. The fraction of sp³-hybridized carbons (Fsp3) is 0.150. The molecule has 2 aromatic carbocycles. The van der Waals surface area contributed by atoms with Crippen LogP contribution >= 0.6 is 11.3 Å². The van der Waals surface area contributed by atoms with E-state index >= 15 is 0 Å². The first-order valence-electron chi connectivity index (χ1n) is 8.66. The van der Waals surface area contributed by atoms with E-state index in [-0.39, 0.29) is 19.9 Å². The minimum atomic E-state index is -0.603. The number of rotatable bonds is 3. The first-order valence-corrected chi connectivity index (χ1v) is 9.48. The van der Waals surface area contributed by atoms with Crippen LogP contribution in [0.5, 0.6) is 11.5 Å². The van der Waals surface area contributed by atoms with Crippen LogP contribution in [0.3, 0.4) is 0 Å². The number of thiazole rings is 1. The third kappa shape index (κ3) is 2.90. The zero-order valence-corrected chi connectivity index (χ0v) is 15.8. The lowest BCUT2D eigenvalue weighted by Gasteiger charge is -2.01. The zero-order chi connectivity index (χ0) is 20.0. The molecular formula is C20H13N3O5S. The average Bonchev–Trinajstić information content (AvgIpc) is 3.37. The maximum atomic E-state index is 12.6. The molecule has 0 fully saturated rings. The van der Waals surface area contributed by atoms with Gasteiger partial charge in [0.05, 0.1) is 22.3 Å². The summed E-state index contributed by atoms with van der Waals surface area (Å²) in [6.07, 6.45) is 5.51. The summed E-state index contributed by atoms with van der Waals surface area (Å²) >= 11 is 1.31. The second-order valence-corrected chi connectivity index (χ2v) is 7.28. The van der Waals surface area contributed by atoms with E-state index in [1.54, 1.807) is 28.8 Å². The van der Waals surface area contributed by atoms with Crippen molar-refractivity contribution in [2.24, 2.45) is 4.99 Å². The van der Waals surface area contributed by atoms with Crippen LogP contribution in [-0.4, -0.2) is 21.8 Å². The van der Waals surface area contributed by atoms with Gasteiger partial charge in [-0.05, 0) is 12.1 Å². The van der Waals surface area contributed by atoms with Crippen LogP contribution in [0.2, 0.25) is 0 Å². The molecule has 29 heavy (non-hydrogen) atoms. The molecule has 0 aliphatic carbocycles. The number of benzene rings is 2. The molecule has 9 heteroatoms. The van der Waals surface area contributed by atoms with Gasteiger partial charge in [0.15, 0.2) is 21.9 Å². The number of aromatic nitrogens is 2. The van der Waals surface area contributed by atoms with Crippen molar-refractivity contribution in [1.29, 1.82) is 0 Å². The molecule has 0 bridgehead atoms. The highest BCUT2D eigenvalue weighted by Crippen LogP contribution is 2.36. The van der Waals surface area contributed by atoms with E-state index in [4.69, 9.17) is 20.3 Å². The van der Waals surface area contributed by atoms with Crippen LogP contribution in [0.4, 0.5) is 0 Å². The Bertz CT molecular complexity index is 1450. The number of terminal acetylenes is 1. The molecule has 8 nitrogen and oxygen atoms in total. The Morgan fingerprint density at radius 3 is 2.79 bits per heavy atom. The lowest BCUT2D eigenvalue weighted by molar-refractivity contribution is -0.118. The van der Waals surface area contributed by atoms with Gasteiger partial charge in [0, 0.05) is 12.1 Å². The molecule has 0 saturated carbocycles. The minimum Gasteiger partial charge on any atom is -0.454 e. The minimum absolute atomic E-state index is 0.172.